The zero-order valence-electron chi connectivity index (χ0n) is 8.45. The zero-order chi connectivity index (χ0) is 9.61. The van der Waals surface area contributed by atoms with Gasteiger partial charge in [-0.1, -0.05) is 13.3 Å². The Balaban J connectivity index is 3.69. The molecule has 12 heavy (non-hydrogen) atoms. The third-order valence-corrected chi connectivity index (χ3v) is 2.03. The molecule has 0 saturated heterocycles. The maximum absolute atomic E-state index is 9.23. The number of aliphatic hydroxyl groups excluding tert-OH is 2. The van der Waals surface area contributed by atoms with Gasteiger partial charge in [-0.2, -0.15) is 0 Å². The fraction of sp³-hybridized carbons (Fsp3) is 1.00. The van der Waals surface area contributed by atoms with Gasteiger partial charge in [-0.25, -0.2) is 0 Å². The predicted molar refractivity (Wildman–Crippen MR) is 49.8 cm³/mol. The standard InChI is InChI=1S/C9H22NO2/c1-4-5-6-10(2,3)7-9(12)8-11/h9,11-12H,4-8H2,1-3H3/q+1. The molecule has 0 bridgehead atoms. The van der Waals surface area contributed by atoms with Gasteiger partial charge in [0.25, 0.3) is 0 Å². The van der Waals surface area contributed by atoms with E-state index in [1.807, 2.05) is 0 Å². The third kappa shape index (κ3) is 5.52. The number of nitrogens with zero attached hydrogens (tertiary/aromatic N) is 1. The third-order valence-electron chi connectivity index (χ3n) is 2.03. The summed E-state index contributed by atoms with van der Waals surface area (Å²) in [5.41, 5.74) is 0. The van der Waals surface area contributed by atoms with Gasteiger partial charge in [0, 0.05) is 0 Å². The zero-order valence-corrected chi connectivity index (χ0v) is 8.45. The lowest BCUT2D eigenvalue weighted by Gasteiger charge is -2.31. The van der Waals surface area contributed by atoms with Crippen LogP contribution in [0.2, 0.25) is 0 Å². The molecule has 0 aliphatic carbocycles. The van der Waals surface area contributed by atoms with Gasteiger partial charge in [-0.3, -0.25) is 0 Å². The first kappa shape index (κ1) is 11.9. The number of quaternary nitrogens is 1. The molecule has 0 aliphatic heterocycles. The van der Waals surface area contributed by atoms with Crippen LogP contribution in [0.3, 0.4) is 0 Å². The van der Waals surface area contributed by atoms with Crippen molar-refractivity contribution in [1.82, 2.24) is 0 Å². The van der Waals surface area contributed by atoms with Crippen LogP contribution < -0.4 is 0 Å². The van der Waals surface area contributed by atoms with Crippen molar-refractivity contribution in [2.75, 3.05) is 33.8 Å². The average Bonchev–Trinajstić information content (AvgIpc) is 2.00. The van der Waals surface area contributed by atoms with Gasteiger partial charge in [0.15, 0.2) is 0 Å². The van der Waals surface area contributed by atoms with Crippen molar-refractivity contribution in [3.05, 3.63) is 0 Å². The second-order valence-electron chi connectivity index (χ2n) is 4.03. The van der Waals surface area contributed by atoms with E-state index in [9.17, 15) is 5.11 Å². The number of aliphatic hydroxyl groups is 2. The first-order valence-corrected chi connectivity index (χ1v) is 4.62. The summed E-state index contributed by atoms with van der Waals surface area (Å²) in [5.74, 6) is 0. The highest BCUT2D eigenvalue weighted by Crippen LogP contribution is 2.03. The molecule has 0 aliphatic rings. The number of likely N-dealkylation sites (N-methyl/N-ethyl adjacent to an activating group) is 1. The quantitative estimate of drug-likeness (QED) is 0.568. The minimum atomic E-state index is -0.572. The molecule has 1 unspecified atom stereocenters. The predicted octanol–water partition coefficient (Wildman–Crippen LogP) is 0.216. The van der Waals surface area contributed by atoms with Crippen molar-refractivity contribution in [1.29, 1.82) is 0 Å². The molecule has 0 radical (unpaired) electrons. The molecule has 3 heteroatoms. The van der Waals surface area contributed by atoms with Crippen LogP contribution in [-0.2, 0) is 0 Å². The van der Waals surface area contributed by atoms with E-state index in [0.717, 1.165) is 11.0 Å². The van der Waals surface area contributed by atoms with Crippen LogP contribution in [0.1, 0.15) is 19.8 Å². The highest BCUT2D eigenvalue weighted by Gasteiger charge is 2.18. The number of unbranched alkanes of at least 4 members (excludes halogenated alkanes) is 1. The van der Waals surface area contributed by atoms with Crippen molar-refractivity contribution >= 4 is 0 Å². The Morgan fingerprint density at radius 2 is 1.92 bits per heavy atom. The van der Waals surface area contributed by atoms with Crippen LogP contribution in [0.5, 0.6) is 0 Å². The normalized spacial score (nSPS) is 14.8. The van der Waals surface area contributed by atoms with E-state index in [2.05, 4.69) is 21.0 Å². The maximum atomic E-state index is 9.23. The molecular weight excluding hydrogens is 154 g/mol. The number of rotatable bonds is 6. The van der Waals surface area contributed by atoms with Gasteiger partial charge < -0.3 is 14.7 Å². The molecule has 0 aromatic rings. The lowest BCUT2D eigenvalue weighted by atomic mass is 10.2. The van der Waals surface area contributed by atoms with E-state index in [-0.39, 0.29) is 6.61 Å². The fourth-order valence-electron chi connectivity index (χ4n) is 1.31. The SMILES string of the molecule is CCCC[N+](C)(C)CC(O)CO. The van der Waals surface area contributed by atoms with Crippen LogP contribution in [-0.4, -0.2) is 54.6 Å². The van der Waals surface area contributed by atoms with Crippen LogP contribution in [0, 0.1) is 0 Å². The van der Waals surface area contributed by atoms with Crippen LogP contribution in [0.25, 0.3) is 0 Å². The molecule has 0 aromatic carbocycles. The maximum Gasteiger partial charge on any atom is 0.126 e. The van der Waals surface area contributed by atoms with Gasteiger partial charge in [-0.05, 0) is 6.42 Å². The summed E-state index contributed by atoms with van der Waals surface area (Å²) in [7, 11) is 4.16. The highest BCUT2D eigenvalue weighted by atomic mass is 16.3. The molecule has 0 spiro atoms. The van der Waals surface area contributed by atoms with Gasteiger partial charge in [-0.15, -0.1) is 0 Å². The average molecular weight is 176 g/mol. The molecule has 0 heterocycles. The van der Waals surface area contributed by atoms with Crippen LogP contribution >= 0.6 is 0 Å². The van der Waals surface area contributed by atoms with Crippen molar-refractivity contribution in [2.45, 2.75) is 25.9 Å². The first-order valence-electron chi connectivity index (χ1n) is 4.62. The summed E-state index contributed by atoms with van der Waals surface area (Å²) < 4.78 is 0.787. The Hall–Kier alpha value is -0.120. The Labute approximate surface area is 75.2 Å². The summed E-state index contributed by atoms with van der Waals surface area (Å²) in [6.07, 6.45) is 1.78. The second-order valence-corrected chi connectivity index (χ2v) is 4.03. The largest absolute Gasteiger partial charge is 0.393 e. The molecule has 0 rings (SSSR count). The summed E-state index contributed by atoms with van der Waals surface area (Å²) in [6.45, 7) is 3.72. The van der Waals surface area contributed by atoms with Gasteiger partial charge in [0.1, 0.15) is 12.6 Å². The number of hydrogen-bond acceptors (Lipinski definition) is 2. The monoisotopic (exact) mass is 176 g/mol. The Kier molecular flexibility index (Phi) is 5.46. The molecule has 3 nitrogen and oxygen atoms in total. The van der Waals surface area contributed by atoms with Crippen molar-refractivity contribution < 1.29 is 14.7 Å². The molecular formula is C9H22NO2+. The van der Waals surface area contributed by atoms with Gasteiger partial charge in [0.05, 0.1) is 27.2 Å². The van der Waals surface area contributed by atoms with E-state index in [4.69, 9.17) is 5.11 Å². The topological polar surface area (TPSA) is 40.5 Å². The van der Waals surface area contributed by atoms with E-state index >= 15 is 0 Å². The fourth-order valence-corrected chi connectivity index (χ4v) is 1.31. The lowest BCUT2D eigenvalue weighted by Crippen LogP contribution is -2.46. The van der Waals surface area contributed by atoms with Crippen molar-refractivity contribution in [2.24, 2.45) is 0 Å². The Bertz CT molecular complexity index is 115. The van der Waals surface area contributed by atoms with E-state index in [1.165, 1.54) is 12.8 Å². The van der Waals surface area contributed by atoms with Gasteiger partial charge >= 0.3 is 0 Å². The summed E-state index contributed by atoms with van der Waals surface area (Å²) in [5, 5.41) is 17.9. The molecule has 0 fully saturated rings. The van der Waals surface area contributed by atoms with E-state index in [1.54, 1.807) is 0 Å². The van der Waals surface area contributed by atoms with Gasteiger partial charge in [0.2, 0.25) is 0 Å². The minimum Gasteiger partial charge on any atom is -0.393 e. The highest BCUT2D eigenvalue weighted by molar-refractivity contribution is 4.49. The van der Waals surface area contributed by atoms with Crippen molar-refractivity contribution in [3.8, 4) is 0 Å². The lowest BCUT2D eigenvalue weighted by molar-refractivity contribution is -0.893. The Morgan fingerprint density at radius 3 is 2.33 bits per heavy atom. The minimum absolute atomic E-state index is 0.131. The van der Waals surface area contributed by atoms with E-state index < -0.39 is 6.10 Å². The first-order chi connectivity index (χ1) is 5.52. The van der Waals surface area contributed by atoms with Crippen molar-refractivity contribution in [3.63, 3.8) is 0 Å². The summed E-state index contributed by atoms with van der Waals surface area (Å²) in [4.78, 5) is 0. The summed E-state index contributed by atoms with van der Waals surface area (Å²) in [6, 6.07) is 0. The Morgan fingerprint density at radius 1 is 1.33 bits per heavy atom. The molecule has 0 aromatic heterocycles. The smallest absolute Gasteiger partial charge is 0.126 e. The number of hydrogen-bond donors (Lipinski definition) is 2. The molecule has 2 N–H and O–H groups in total. The van der Waals surface area contributed by atoms with Crippen LogP contribution in [0.4, 0.5) is 0 Å². The molecule has 74 valence electrons. The van der Waals surface area contributed by atoms with Crippen LogP contribution in [0.15, 0.2) is 0 Å². The molecule has 0 saturated carbocycles. The van der Waals surface area contributed by atoms with E-state index in [0.29, 0.717) is 6.54 Å². The second kappa shape index (κ2) is 5.51. The molecule has 0 amide bonds. The summed E-state index contributed by atoms with van der Waals surface area (Å²) >= 11 is 0. The molecule has 1 atom stereocenters.